The Bertz CT molecular complexity index is 1300. The number of ether oxygens (including phenoxy) is 1. The predicted octanol–water partition coefficient (Wildman–Crippen LogP) is 4.56. The largest absolute Gasteiger partial charge is 0.508 e. The maximum Gasteiger partial charge on any atom is 0.253 e. The van der Waals surface area contributed by atoms with E-state index in [-0.39, 0.29) is 11.7 Å². The summed E-state index contributed by atoms with van der Waals surface area (Å²) in [6.45, 7) is 2.79. The molecule has 36 heavy (non-hydrogen) atoms. The van der Waals surface area contributed by atoms with Crippen molar-refractivity contribution in [1.29, 1.82) is 0 Å². The smallest absolute Gasteiger partial charge is 0.253 e. The van der Waals surface area contributed by atoms with Gasteiger partial charge in [0.15, 0.2) is 0 Å². The van der Waals surface area contributed by atoms with Crippen LogP contribution in [0.15, 0.2) is 85.2 Å². The number of nitrogens with zero attached hydrogens (tertiary/aromatic N) is 4. The topological polar surface area (TPSA) is 90.8 Å². The average Bonchev–Trinajstić information content (AvgIpc) is 2.94. The molecule has 0 bridgehead atoms. The molecule has 0 spiro atoms. The van der Waals surface area contributed by atoms with E-state index in [2.05, 4.69) is 20.2 Å². The Morgan fingerprint density at radius 1 is 0.833 bits per heavy atom. The normalized spacial score (nSPS) is 13.4. The lowest BCUT2D eigenvalue weighted by atomic mass is 10.1. The third-order valence-corrected chi connectivity index (χ3v) is 6.24. The highest BCUT2D eigenvalue weighted by molar-refractivity contribution is 5.94. The molecule has 0 saturated carbocycles. The molecular formula is C28H27N5O3. The highest BCUT2D eigenvalue weighted by atomic mass is 16.5. The summed E-state index contributed by atoms with van der Waals surface area (Å²) in [6.07, 6.45) is 3.54. The number of aromatic nitrogens is 2. The first-order valence-electron chi connectivity index (χ1n) is 11.8. The molecule has 4 aromatic rings. The van der Waals surface area contributed by atoms with Crippen molar-refractivity contribution in [1.82, 2.24) is 14.9 Å². The van der Waals surface area contributed by atoms with Crippen LogP contribution in [0, 0.1) is 0 Å². The molecule has 0 atom stereocenters. The van der Waals surface area contributed by atoms with Gasteiger partial charge in [-0.3, -0.25) is 4.79 Å². The van der Waals surface area contributed by atoms with Gasteiger partial charge >= 0.3 is 0 Å². The minimum Gasteiger partial charge on any atom is -0.508 e. The van der Waals surface area contributed by atoms with Gasteiger partial charge in [-0.2, -0.15) is 0 Å². The van der Waals surface area contributed by atoms with Crippen molar-refractivity contribution in [3.8, 4) is 22.6 Å². The van der Waals surface area contributed by atoms with Crippen LogP contribution in [0.2, 0.25) is 0 Å². The number of piperazine rings is 1. The van der Waals surface area contributed by atoms with Crippen molar-refractivity contribution < 1.29 is 14.6 Å². The number of rotatable bonds is 6. The quantitative estimate of drug-likeness (QED) is 0.417. The SMILES string of the molecule is COc1ccc(-c2cnc(Nc3ccc(C(=O)N4CCN(c5ccc(O)cc5)CC4)cc3)nc2)cc1. The molecule has 0 unspecified atom stereocenters. The monoisotopic (exact) mass is 481 g/mol. The molecule has 1 aliphatic rings. The zero-order valence-electron chi connectivity index (χ0n) is 20.0. The standard InChI is InChI=1S/C28H27N5O3/c1-36-26-12-4-20(5-13-26)22-18-29-28(30-19-22)31-23-6-2-21(3-7-23)27(35)33-16-14-32(15-17-33)24-8-10-25(34)11-9-24/h2-13,18-19,34H,14-17H2,1H3,(H,29,30,31). The minimum atomic E-state index is 0.0204. The number of nitrogens with one attached hydrogen (secondary N) is 1. The molecule has 8 heteroatoms. The lowest BCUT2D eigenvalue weighted by Gasteiger charge is -2.36. The van der Waals surface area contributed by atoms with Crippen LogP contribution in [0.3, 0.4) is 0 Å². The molecule has 1 amide bonds. The molecule has 1 aromatic heterocycles. The summed E-state index contributed by atoms with van der Waals surface area (Å²) < 4.78 is 5.20. The van der Waals surface area contributed by atoms with E-state index in [1.807, 2.05) is 65.6 Å². The molecule has 2 heterocycles. The molecule has 8 nitrogen and oxygen atoms in total. The van der Waals surface area contributed by atoms with Gasteiger partial charge in [0.25, 0.3) is 5.91 Å². The third kappa shape index (κ3) is 5.22. The second-order valence-corrected chi connectivity index (χ2v) is 8.52. The number of carbonyl (C=O) groups is 1. The van der Waals surface area contributed by atoms with E-state index in [1.165, 1.54) is 0 Å². The number of phenols is 1. The van der Waals surface area contributed by atoms with Crippen molar-refractivity contribution in [2.24, 2.45) is 0 Å². The van der Waals surface area contributed by atoms with Gasteiger partial charge < -0.3 is 25.0 Å². The second-order valence-electron chi connectivity index (χ2n) is 8.52. The molecule has 0 aliphatic carbocycles. The van der Waals surface area contributed by atoms with Crippen LogP contribution in [0.25, 0.3) is 11.1 Å². The summed E-state index contributed by atoms with van der Waals surface area (Å²) in [5.41, 5.74) is 4.42. The van der Waals surface area contributed by atoms with E-state index in [9.17, 15) is 9.90 Å². The summed E-state index contributed by atoms with van der Waals surface area (Å²) in [4.78, 5) is 25.9. The first-order chi connectivity index (χ1) is 17.6. The van der Waals surface area contributed by atoms with Crippen LogP contribution in [0.4, 0.5) is 17.3 Å². The Labute approximate surface area is 209 Å². The molecule has 5 rings (SSSR count). The number of hydrogen-bond donors (Lipinski definition) is 2. The van der Waals surface area contributed by atoms with Crippen LogP contribution in [-0.4, -0.2) is 59.2 Å². The van der Waals surface area contributed by atoms with E-state index in [0.717, 1.165) is 41.3 Å². The molecule has 3 aromatic carbocycles. The average molecular weight is 482 g/mol. The molecular weight excluding hydrogens is 454 g/mol. The zero-order chi connectivity index (χ0) is 24.9. The van der Waals surface area contributed by atoms with Gasteiger partial charge in [-0.1, -0.05) is 12.1 Å². The highest BCUT2D eigenvalue weighted by Gasteiger charge is 2.22. The van der Waals surface area contributed by atoms with Crippen molar-refractivity contribution in [3.05, 3.63) is 90.8 Å². The molecule has 1 aliphatic heterocycles. The van der Waals surface area contributed by atoms with Gasteiger partial charge in [0.05, 0.1) is 7.11 Å². The van der Waals surface area contributed by atoms with E-state index in [0.29, 0.717) is 24.6 Å². The predicted molar refractivity (Wildman–Crippen MR) is 140 cm³/mol. The summed E-state index contributed by atoms with van der Waals surface area (Å²) in [5, 5.41) is 12.7. The van der Waals surface area contributed by atoms with Gasteiger partial charge in [-0.15, -0.1) is 0 Å². The van der Waals surface area contributed by atoms with E-state index in [4.69, 9.17) is 4.74 Å². The second kappa shape index (κ2) is 10.4. The number of hydrogen-bond acceptors (Lipinski definition) is 7. The van der Waals surface area contributed by atoms with Gasteiger partial charge in [0, 0.05) is 61.1 Å². The number of benzene rings is 3. The van der Waals surface area contributed by atoms with Crippen LogP contribution < -0.4 is 15.0 Å². The van der Waals surface area contributed by atoms with Crippen molar-refractivity contribution in [2.45, 2.75) is 0 Å². The van der Waals surface area contributed by atoms with Gasteiger partial charge in [-0.05, 0) is 66.2 Å². The number of carbonyl (C=O) groups excluding carboxylic acids is 1. The number of phenolic OH excluding ortho intramolecular Hbond substituents is 1. The van der Waals surface area contributed by atoms with Crippen LogP contribution in [0.1, 0.15) is 10.4 Å². The fraction of sp³-hybridized carbons (Fsp3) is 0.179. The molecule has 1 fully saturated rings. The minimum absolute atomic E-state index is 0.0204. The maximum absolute atomic E-state index is 13.0. The van der Waals surface area contributed by atoms with Gasteiger partial charge in [0.2, 0.25) is 5.95 Å². The van der Waals surface area contributed by atoms with Crippen molar-refractivity contribution in [2.75, 3.05) is 43.5 Å². The number of amides is 1. The number of aromatic hydroxyl groups is 1. The maximum atomic E-state index is 13.0. The summed E-state index contributed by atoms with van der Waals surface area (Å²) in [5.74, 6) is 1.56. The van der Waals surface area contributed by atoms with Gasteiger partial charge in [-0.25, -0.2) is 9.97 Å². The Hall–Kier alpha value is -4.59. The fourth-order valence-corrected chi connectivity index (χ4v) is 4.16. The summed E-state index contributed by atoms with van der Waals surface area (Å²) in [7, 11) is 1.64. The molecule has 2 N–H and O–H groups in total. The van der Waals surface area contributed by atoms with E-state index >= 15 is 0 Å². The van der Waals surface area contributed by atoms with Crippen LogP contribution in [-0.2, 0) is 0 Å². The Morgan fingerprint density at radius 3 is 2.08 bits per heavy atom. The van der Waals surface area contributed by atoms with E-state index in [1.54, 1.807) is 31.6 Å². The molecule has 182 valence electrons. The van der Waals surface area contributed by atoms with Crippen molar-refractivity contribution >= 4 is 23.2 Å². The molecule has 1 saturated heterocycles. The summed E-state index contributed by atoms with van der Waals surface area (Å²) >= 11 is 0. The first kappa shape index (κ1) is 23.2. The van der Waals surface area contributed by atoms with Crippen molar-refractivity contribution in [3.63, 3.8) is 0 Å². The van der Waals surface area contributed by atoms with E-state index < -0.39 is 0 Å². The lowest BCUT2D eigenvalue weighted by molar-refractivity contribution is 0.0747. The molecule has 0 radical (unpaired) electrons. The fourth-order valence-electron chi connectivity index (χ4n) is 4.16. The first-order valence-corrected chi connectivity index (χ1v) is 11.8. The Morgan fingerprint density at radius 2 is 1.47 bits per heavy atom. The lowest BCUT2D eigenvalue weighted by Crippen LogP contribution is -2.48. The third-order valence-electron chi connectivity index (χ3n) is 6.24. The Kier molecular flexibility index (Phi) is 6.66. The zero-order valence-corrected chi connectivity index (χ0v) is 20.0. The van der Waals surface area contributed by atoms with Gasteiger partial charge in [0.1, 0.15) is 11.5 Å². The summed E-state index contributed by atoms with van der Waals surface area (Å²) in [6, 6.07) is 22.3. The van der Waals surface area contributed by atoms with Crippen LogP contribution >= 0.6 is 0 Å². The van der Waals surface area contributed by atoms with Crippen LogP contribution in [0.5, 0.6) is 11.5 Å². The number of anilines is 3. The Balaban J connectivity index is 1.16. The highest BCUT2D eigenvalue weighted by Crippen LogP contribution is 2.23. The number of methoxy groups -OCH3 is 1.